The molecule has 33 heavy (non-hydrogen) atoms. The lowest BCUT2D eigenvalue weighted by Gasteiger charge is -2.15. The summed E-state index contributed by atoms with van der Waals surface area (Å²) in [7, 11) is 0. The highest BCUT2D eigenvalue weighted by atomic mass is 79.9. The van der Waals surface area contributed by atoms with Crippen LogP contribution in [0.3, 0.4) is 0 Å². The van der Waals surface area contributed by atoms with Gasteiger partial charge in [0.15, 0.2) is 0 Å². The summed E-state index contributed by atoms with van der Waals surface area (Å²) in [6.45, 7) is 0. The Hall–Kier alpha value is -3.14. The topological polar surface area (TPSA) is 4.93 Å². The first-order valence-electron chi connectivity index (χ1n) is 11.3. The van der Waals surface area contributed by atoms with Gasteiger partial charge in [0.1, 0.15) is 0 Å². The summed E-state index contributed by atoms with van der Waals surface area (Å²) in [5.74, 6) is 0.464. The van der Waals surface area contributed by atoms with E-state index in [1.54, 1.807) is 0 Å². The summed E-state index contributed by atoms with van der Waals surface area (Å²) in [6, 6.07) is 29.0. The number of benzene rings is 4. The molecule has 2 heterocycles. The lowest BCUT2D eigenvalue weighted by Crippen LogP contribution is -1.98. The van der Waals surface area contributed by atoms with Crippen LogP contribution in [0.1, 0.15) is 17.9 Å². The molecule has 1 aliphatic rings. The molecule has 0 spiro atoms. The number of halogens is 1. The van der Waals surface area contributed by atoms with Crippen LogP contribution < -0.4 is 0 Å². The number of allylic oxidation sites excluding steroid dienone is 4. The van der Waals surface area contributed by atoms with Gasteiger partial charge in [-0.3, -0.25) is 0 Å². The normalized spacial score (nSPS) is 16.0. The van der Waals surface area contributed by atoms with Gasteiger partial charge in [-0.15, -0.1) is 11.3 Å². The van der Waals surface area contributed by atoms with E-state index in [0.717, 1.165) is 6.42 Å². The molecule has 1 atom stereocenters. The molecule has 1 nitrogen and oxygen atoms in total. The summed E-state index contributed by atoms with van der Waals surface area (Å²) in [6.07, 6.45) is 9.92. The zero-order chi connectivity index (χ0) is 21.9. The monoisotopic (exact) mass is 505 g/mol. The van der Waals surface area contributed by atoms with E-state index in [1.165, 1.54) is 57.7 Å². The van der Waals surface area contributed by atoms with Crippen LogP contribution in [0.2, 0.25) is 0 Å². The van der Waals surface area contributed by atoms with E-state index < -0.39 is 0 Å². The highest BCUT2D eigenvalue weighted by molar-refractivity contribution is 9.10. The third-order valence-corrected chi connectivity index (χ3v) is 8.89. The Labute approximate surface area is 204 Å². The van der Waals surface area contributed by atoms with E-state index in [4.69, 9.17) is 0 Å². The van der Waals surface area contributed by atoms with Gasteiger partial charge < -0.3 is 4.57 Å². The van der Waals surface area contributed by atoms with Gasteiger partial charge >= 0.3 is 0 Å². The number of rotatable bonds is 2. The van der Waals surface area contributed by atoms with Crippen molar-refractivity contribution in [2.24, 2.45) is 0 Å². The van der Waals surface area contributed by atoms with E-state index in [-0.39, 0.29) is 0 Å². The minimum atomic E-state index is 0.464. The van der Waals surface area contributed by atoms with Gasteiger partial charge in [-0.25, -0.2) is 0 Å². The lowest BCUT2D eigenvalue weighted by molar-refractivity contribution is 0.853. The number of para-hydroxylation sites is 1. The summed E-state index contributed by atoms with van der Waals surface area (Å²) < 4.78 is 6.26. The minimum absolute atomic E-state index is 0.464. The van der Waals surface area contributed by atoms with Crippen molar-refractivity contribution in [1.29, 1.82) is 0 Å². The third kappa shape index (κ3) is 2.89. The van der Waals surface area contributed by atoms with Crippen molar-refractivity contribution in [3.05, 3.63) is 113 Å². The van der Waals surface area contributed by atoms with Gasteiger partial charge in [-0.05, 0) is 58.2 Å². The van der Waals surface area contributed by atoms with Gasteiger partial charge in [-0.1, -0.05) is 72.8 Å². The maximum absolute atomic E-state index is 3.89. The Morgan fingerprint density at radius 3 is 2.42 bits per heavy atom. The minimum Gasteiger partial charge on any atom is -0.309 e. The first kappa shape index (κ1) is 19.3. The molecule has 0 saturated carbocycles. The molecule has 0 radical (unpaired) electrons. The van der Waals surface area contributed by atoms with Crippen molar-refractivity contribution in [2.75, 3.05) is 0 Å². The van der Waals surface area contributed by atoms with Crippen LogP contribution in [0.4, 0.5) is 0 Å². The molecule has 0 amide bonds. The average Bonchev–Trinajstić information content (AvgIpc) is 3.41. The van der Waals surface area contributed by atoms with Gasteiger partial charge in [-0.2, -0.15) is 0 Å². The van der Waals surface area contributed by atoms with Gasteiger partial charge in [0.25, 0.3) is 0 Å². The molecule has 6 aromatic rings. The van der Waals surface area contributed by atoms with Crippen molar-refractivity contribution < 1.29 is 0 Å². The molecule has 0 bridgehead atoms. The van der Waals surface area contributed by atoms with Crippen molar-refractivity contribution in [3.8, 4) is 5.69 Å². The first-order chi connectivity index (χ1) is 16.3. The highest BCUT2D eigenvalue weighted by Crippen LogP contribution is 2.46. The lowest BCUT2D eigenvalue weighted by atomic mass is 9.92. The number of aromatic nitrogens is 1. The molecule has 0 saturated heterocycles. The Morgan fingerprint density at radius 1 is 0.818 bits per heavy atom. The molecular weight excluding hydrogens is 486 g/mol. The Kier molecular flexibility index (Phi) is 4.36. The molecular formula is C30H20BrNS. The number of hydrogen-bond acceptors (Lipinski definition) is 1. The van der Waals surface area contributed by atoms with Crippen LogP contribution in [0.15, 0.2) is 108 Å². The molecule has 3 heteroatoms. The van der Waals surface area contributed by atoms with Crippen LogP contribution in [-0.4, -0.2) is 4.57 Å². The second kappa shape index (κ2) is 7.44. The average molecular weight is 506 g/mol. The second-order valence-electron chi connectivity index (χ2n) is 8.66. The Balaban J connectivity index is 1.57. The van der Waals surface area contributed by atoms with Gasteiger partial charge in [0.2, 0.25) is 0 Å². The van der Waals surface area contributed by atoms with E-state index in [0.29, 0.717) is 5.92 Å². The molecule has 1 unspecified atom stereocenters. The zero-order valence-electron chi connectivity index (χ0n) is 17.8. The molecule has 1 aliphatic carbocycles. The summed E-state index contributed by atoms with van der Waals surface area (Å²) >= 11 is 5.75. The molecule has 4 aromatic carbocycles. The largest absolute Gasteiger partial charge is 0.309 e. The Morgan fingerprint density at radius 2 is 1.61 bits per heavy atom. The van der Waals surface area contributed by atoms with E-state index in [2.05, 4.69) is 124 Å². The molecule has 0 N–H and O–H groups in total. The summed E-state index contributed by atoms with van der Waals surface area (Å²) in [4.78, 5) is 0. The second-order valence-corrected chi connectivity index (χ2v) is 10.6. The standard InChI is InChI=1S/C30H20BrNS/c31-25-18-24-22-10-4-6-12-26(22)32(21-16-14-20(15-17-21)19-8-2-1-3-9-19)29(24)28-23-11-5-7-13-27(23)33-30(25)28/h1-8,10-19H,9H2. The van der Waals surface area contributed by atoms with Gasteiger partial charge in [0.05, 0.1) is 15.7 Å². The quantitative estimate of drug-likeness (QED) is 0.220. The maximum atomic E-state index is 3.89. The highest BCUT2D eigenvalue weighted by Gasteiger charge is 2.20. The number of nitrogens with zero attached hydrogens (tertiary/aromatic N) is 1. The molecule has 2 aromatic heterocycles. The van der Waals surface area contributed by atoms with Crippen LogP contribution in [-0.2, 0) is 0 Å². The fraction of sp³-hybridized carbons (Fsp3) is 0.0667. The van der Waals surface area contributed by atoms with Crippen LogP contribution in [0.5, 0.6) is 0 Å². The van der Waals surface area contributed by atoms with Crippen LogP contribution in [0.25, 0.3) is 47.7 Å². The van der Waals surface area contributed by atoms with Crippen molar-refractivity contribution in [2.45, 2.75) is 12.3 Å². The Bertz CT molecular complexity index is 1750. The van der Waals surface area contributed by atoms with Crippen LogP contribution in [0, 0.1) is 0 Å². The maximum Gasteiger partial charge on any atom is 0.0635 e. The summed E-state index contributed by atoms with van der Waals surface area (Å²) in [5.41, 5.74) is 5.11. The van der Waals surface area contributed by atoms with E-state index in [9.17, 15) is 0 Å². The van der Waals surface area contributed by atoms with Crippen LogP contribution >= 0.6 is 27.3 Å². The fourth-order valence-corrected chi connectivity index (χ4v) is 7.05. The van der Waals surface area contributed by atoms with E-state index >= 15 is 0 Å². The number of fused-ring (bicyclic) bond motifs is 7. The van der Waals surface area contributed by atoms with Crippen molar-refractivity contribution in [1.82, 2.24) is 4.57 Å². The molecule has 158 valence electrons. The summed E-state index contributed by atoms with van der Waals surface area (Å²) in [5, 5.41) is 5.23. The first-order valence-corrected chi connectivity index (χ1v) is 12.9. The number of hydrogen-bond donors (Lipinski definition) is 0. The molecule has 7 rings (SSSR count). The van der Waals surface area contributed by atoms with Crippen molar-refractivity contribution in [3.63, 3.8) is 0 Å². The van der Waals surface area contributed by atoms with Gasteiger partial charge in [0, 0.05) is 42.3 Å². The fourth-order valence-electron chi connectivity index (χ4n) is 5.26. The number of thiophene rings is 1. The molecule has 0 aliphatic heterocycles. The SMILES string of the molecule is Brc1cc2c3ccccc3n(-c3ccc(C4C=CC=CC4)cc3)c2c2c1sc1ccccc12. The predicted molar refractivity (Wildman–Crippen MR) is 147 cm³/mol. The molecule has 0 fully saturated rings. The van der Waals surface area contributed by atoms with E-state index in [1.807, 2.05) is 11.3 Å². The third-order valence-electron chi connectivity index (χ3n) is 6.79. The van der Waals surface area contributed by atoms with Crippen molar-refractivity contribution >= 4 is 69.2 Å². The smallest absolute Gasteiger partial charge is 0.0635 e. The predicted octanol–water partition coefficient (Wildman–Crippen LogP) is 9.51. The zero-order valence-corrected chi connectivity index (χ0v) is 20.2.